The van der Waals surface area contributed by atoms with Gasteiger partial charge in [-0.25, -0.2) is 12.8 Å². The van der Waals surface area contributed by atoms with Crippen LogP contribution in [0.4, 0.5) is 15.9 Å². The van der Waals surface area contributed by atoms with Gasteiger partial charge in [0.15, 0.2) is 17.4 Å². The second kappa shape index (κ2) is 10.4. The van der Waals surface area contributed by atoms with Gasteiger partial charge in [0.25, 0.3) is 0 Å². The van der Waals surface area contributed by atoms with Crippen LogP contribution in [-0.4, -0.2) is 56.2 Å². The van der Waals surface area contributed by atoms with Gasteiger partial charge in [-0.2, -0.15) is 9.40 Å². The zero-order chi connectivity index (χ0) is 28.9. The van der Waals surface area contributed by atoms with Gasteiger partial charge < -0.3 is 24.3 Å². The van der Waals surface area contributed by atoms with Crippen LogP contribution in [-0.2, 0) is 42.9 Å². The van der Waals surface area contributed by atoms with E-state index in [9.17, 15) is 8.42 Å². The van der Waals surface area contributed by atoms with E-state index in [0.717, 1.165) is 11.3 Å². The van der Waals surface area contributed by atoms with Crippen molar-refractivity contribution >= 4 is 21.5 Å². The molecule has 2 aliphatic heterocycles. The molecule has 1 atom stereocenters. The fourth-order valence-electron chi connectivity index (χ4n) is 5.11. The lowest BCUT2D eigenvalue weighted by atomic mass is 10.1. The number of fused-ring (bicyclic) bond motifs is 1. The van der Waals surface area contributed by atoms with E-state index >= 15 is 4.39 Å². The summed E-state index contributed by atoms with van der Waals surface area (Å²) in [6.07, 6.45) is 0.125. The number of sulfonamides is 1. The highest BCUT2D eigenvalue weighted by Crippen LogP contribution is 2.41. The first kappa shape index (κ1) is 28.5. The first-order valence-electron chi connectivity index (χ1n) is 12.9. The average Bonchev–Trinajstić information content (AvgIpc) is 3.61. The molecule has 1 N–H and O–H groups in total. The van der Waals surface area contributed by atoms with Gasteiger partial charge >= 0.3 is 0 Å². The summed E-state index contributed by atoms with van der Waals surface area (Å²) in [6, 6.07) is 11.8. The quantitative estimate of drug-likeness (QED) is 0.387. The molecule has 1 unspecified atom stereocenters. The van der Waals surface area contributed by atoms with Crippen LogP contribution in [0, 0.1) is 5.82 Å². The second-order valence-electron chi connectivity index (χ2n) is 11.0. The van der Waals surface area contributed by atoms with E-state index in [1.54, 1.807) is 45.6 Å². The third-order valence-corrected chi connectivity index (χ3v) is 9.26. The normalized spacial score (nSPS) is 20.0. The molecule has 0 spiro atoms. The van der Waals surface area contributed by atoms with Crippen LogP contribution in [0.15, 0.2) is 47.4 Å². The van der Waals surface area contributed by atoms with Crippen LogP contribution in [0.1, 0.15) is 50.1 Å². The van der Waals surface area contributed by atoms with Crippen molar-refractivity contribution in [2.75, 3.05) is 33.3 Å². The molecule has 10 nitrogen and oxygen atoms in total. The van der Waals surface area contributed by atoms with Crippen molar-refractivity contribution in [3.05, 3.63) is 65.1 Å². The molecule has 0 bridgehead atoms. The molecule has 40 heavy (non-hydrogen) atoms. The zero-order valence-corrected chi connectivity index (χ0v) is 24.3. The number of aromatic nitrogens is 2. The number of methoxy groups -OCH3 is 3. The molecular weight excluding hydrogens is 539 g/mol. The lowest BCUT2D eigenvalue weighted by Gasteiger charge is -2.25. The van der Waals surface area contributed by atoms with Crippen molar-refractivity contribution in [1.82, 2.24) is 14.1 Å². The van der Waals surface area contributed by atoms with Crippen molar-refractivity contribution < 1.29 is 31.8 Å². The van der Waals surface area contributed by atoms with Gasteiger partial charge in [-0.1, -0.05) is 12.1 Å². The van der Waals surface area contributed by atoms with E-state index in [-0.39, 0.29) is 41.9 Å². The number of nitrogens with zero attached hydrogens (tertiary/aromatic N) is 3. The molecule has 0 radical (unpaired) electrons. The summed E-state index contributed by atoms with van der Waals surface area (Å²) in [4.78, 5) is -0.0280. The molecule has 1 saturated heterocycles. The van der Waals surface area contributed by atoms with Crippen LogP contribution in [0.2, 0.25) is 0 Å². The Kier molecular flexibility index (Phi) is 7.42. The highest BCUT2D eigenvalue weighted by atomic mass is 32.2. The third kappa shape index (κ3) is 5.10. The molecule has 3 heterocycles. The molecule has 1 aromatic heterocycles. The summed E-state index contributed by atoms with van der Waals surface area (Å²) >= 11 is 0. The number of ether oxygens (including phenoxy) is 4. The maximum Gasteiger partial charge on any atom is 0.244 e. The molecular formula is C28H35FN4O6S. The van der Waals surface area contributed by atoms with E-state index in [1.807, 2.05) is 31.5 Å². The van der Waals surface area contributed by atoms with Crippen molar-refractivity contribution in [3.8, 4) is 5.75 Å². The topological polar surface area (TPSA) is 104 Å². The molecule has 2 aromatic carbocycles. The largest absolute Gasteiger partial charge is 0.497 e. The number of anilines is 2. The monoisotopic (exact) mass is 574 g/mol. The summed E-state index contributed by atoms with van der Waals surface area (Å²) in [5, 5.41) is 7.77. The molecule has 1 fully saturated rings. The fraction of sp³-hybridized carbons (Fsp3) is 0.464. The van der Waals surface area contributed by atoms with Gasteiger partial charge in [0.1, 0.15) is 18.5 Å². The highest BCUT2D eigenvalue weighted by molar-refractivity contribution is 7.89. The number of benzene rings is 2. The Labute approximate surface area is 234 Å². The summed E-state index contributed by atoms with van der Waals surface area (Å²) in [5.41, 5.74) is 1.44. The number of rotatable bonds is 8. The Morgan fingerprint density at radius 3 is 2.42 bits per heavy atom. The minimum absolute atomic E-state index is 0.0280. The van der Waals surface area contributed by atoms with Crippen molar-refractivity contribution in [2.45, 2.75) is 62.6 Å². The maximum atomic E-state index is 15.8. The molecule has 12 heteroatoms. The van der Waals surface area contributed by atoms with E-state index < -0.39 is 27.2 Å². The molecule has 3 aromatic rings. The zero-order valence-electron chi connectivity index (χ0n) is 23.5. The average molecular weight is 575 g/mol. The lowest BCUT2D eigenvalue weighted by Crippen LogP contribution is -2.34. The van der Waals surface area contributed by atoms with Crippen LogP contribution in [0.5, 0.6) is 5.75 Å². The van der Waals surface area contributed by atoms with Crippen LogP contribution in [0.3, 0.4) is 0 Å². The molecule has 0 amide bonds. The Hall–Kier alpha value is -3.03. The van der Waals surface area contributed by atoms with Gasteiger partial charge in [-0.15, -0.1) is 0 Å². The summed E-state index contributed by atoms with van der Waals surface area (Å²) in [7, 11) is 0.880. The first-order chi connectivity index (χ1) is 18.9. The molecule has 216 valence electrons. The minimum Gasteiger partial charge on any atom is -0.497 e. The van der Waals surface area contributed by atoms with Crippen molar-refractivity contribution in [1.29, 1.82) is 0 Å². The maximum absolute atomic E-state index is 15.8. The van der Waals surface area contributed by atoms with Gasteiger partial charge in [0.05, 0.1) is 28.9 Å². The van der Waals surface area contributed by atoms with Crippen molar-refractivity contribution in [3.63, 3.8) is 0 Å². The van der Waals surface area contributed by atoms with E-state index in [1.165, 1.54) is 16.4 Å². The Morgan fingerprint density at radius 1 is 1.12 bits per heavy atom. The van der Waals surface area contributed by atoms with E-state index in [2.05, 4.69) is 5.32 Å². The SMILES string of the molecule is COc1ccc(CN2Cc3c(ccc(Nc4cc(C5CC(OC)(OC)CO5)n(C(C)(C)C)n4)c3F)S2(=O)=O)cc1. The predicted octanol–water partition coefficient (Wildman–Crippen LogP) is 4.68. The van der Waals surface area contributed by atoms with Gasteiger partial charge in [0, 0.05) is 45.4 Å². The minimum atomic E-state index is -3.85. The Bertz CT molecular complexity index is 1500. The standard InChI is InChI=1S/C28H35FN4O6S/c1-27(2,3)33-22(23-14-28(37-5,38-6)17-39-23)13-25(31-33)30-21-11-12-24-20(26(21)29)16-32(40(24,34)35)15-18-7-9-19(36-4)10-8-18/h7-13,23H,14-17H2,1-6H3,(H,30,31). The fourth-order valence-corrected chi connectivity index (χ4v) is 6.71. The van der Waals surface area contributed by atoms with Gasteiger partial charge in [-0.05, 0) is 50.6 Å². The van der Waals surface area contributed by atoms with Gasteiger partial charge in [-0.3, -0.25) is 4.68 Å². The summed E-state index contributed by atoms with van der Waals surface area (Å²) < 4.78 is 67.6. The number of halogens is 1. The van der Waals surface area contributed by atoms with Crippen molar-refractivity contribution in [2.24, 2.45) is 0 Å². The van der Waals surface area contributed by atoms with Crippen LogP contribution >= 0.6 is 0 Å². The van der Waals surface area contributed by atoms with E-state index in [4.69, 9.17) is 24.0 Å². The second-order valence-corrected chi connectivity index (χ2v) is 12.9. The molecule has 2 aliphatic rings. The molecule has 0 aliphatic carbocycles. The summed E-state index contributed by atoms with van der Waals surface area (Å²) in [6.45, 7) is 6.36. The third-order valence-electron chi connectivity index (χ3n) is 7.38. The number of hydrogen-bond donors (Lipinski definition) is 1. The van der Waals surface area contributed by atoms with Crippen LogP contribution < -0.4 is 10.1 Å². The number of nitrogens with one attached hydrogen (secondary N) is 1. The summed E-state index contributed by atoms with van der Waals surface area (Å²) in [5.74, 6) is -0.386. The Balaban J connectivity index is 1.41. The predicted molar refractivity (Wildman–Crippen MR) is 146 cm³/mol. The van der Waals surface area contributed by atoms with Crippen LogP contribution in [0.25, 0.3) is 0 Å². The number of hydrogen-bond acceptors (Lipinski definition) is 8. The first-order valence-corrected chi connectivity index (χ1v) is 14.4. The van der Waals surface area contributed by atoms with Gasteiger partial charge in [0.2, 0.25) is 10.0 Å². The van der Waals surface area contributed by atoms with E-state index in [0.29, 0.717) is 18.0 Å². The lowest BCUT2D eigenvalue weighted by molar-refractivity contribution is -0.202. The molecule has 0 saturated carbocycles. The molecule has 5 rings (SSSR count). The Morgan fingerprint density at radius 2 is 1.82 bits per heavy atom. The smallest absolute Gasteiger partial charge is 0.244 e. The highest BCUT2D eigenvalue weighted by Gasteiger charge is 2.44.